The maximum atomic E-state index is 5.26. The lowest BCUT2D eigenvalue weighted by atomic mass is 10.0. The van der Waals surface area contributed by atoms with Crippen LogP contribution in [-0.4, -0.2) is 23.6 Å². The monoisotopic (exact) mass is 332 g/mol. The molecule has 1 aliphatic rings. The number of aromatic nitrogens is 2. The number of hydrogen-bond acceptors (Lipinski definition) is 4. The molecule has 1 aliphatic heterocycles. The van der Waals surface area contributed by atoms with Gasteiger partial charge in [-0.3, -0.25) is 0 Å². The number of benzene rings is 2. The molecule has 5 nitrogen and oxygen atoms in total. The highest BCUT2D eigenvalue weighted by Crippen LogP contribution is 2.23. The predicted octanol–water partition coefficient (Wildman–Crippen LogP) is 3.68. The predicted molar refractivity (Wildman–Crippen MR) is 102 cm³/mol. The number of imidazole rings is 1. The Hall–Kier alpha value is -3.21. The molecule has 0 radical (unpaired) electrons. The van der Waals surface area contributed by atoms with Crippen molar-refractivity contribution in [2.24, 2.45) is 0 Å². The van der Waals surface area contributed by atoms with Crippen LogP contribution in [0.3, 0.4) is 0 Å². The third-order valence-corrected chi connectivity index (χ3v) is 4.23. The summed E-state index contributed by atoms with van der Waals surface area (Å²) in [7, 11) is 1.68. The van der Waals surface area contributed by atoms with Gasteiger partial charge in [0.1, 0.15) is 5.75 Å². The lowest BCUT2D eigenvalue weighted by Crippen LogP contribution is -2.08. The molecule has 0 unspecified atom stereocenters. The van der Waals surface area contributed by atoms with Crippen molar-refractivity contribution in [1.29, 1.82) is 0 Å². The van der Waals surface area contributed by atoms with E-state index in [9.17, 15) is 0 Å². The molecule has 0 aliphatic carbocycles. The number of anilines is 1. The normalized spacial score (nSPS) is 13.4. The molecule has 2 aromatic carbocycles. The molecule has 3 aromatic rings. The third-order valence-electron chi connectivity index (χ3n) is 4.23. The zero-order valence-corrected chi connectivity index (χ0v) is 14.0. The average Bonchev–Trinajstić information content (AvgIpc) is 3.09. The molecule has 0 atom stereocenters. The molecule has 0 amide bonds. The van der Waals surface area contributed by atoms with E-state index in [4.69, 9.17) is 4.74 Å². The number of rotatable bonds is 5. The van der Waals surface area contributed by atoms with Crippen LogP contribution < -0.4 is 15.4 Å². The Bertz CT molecular complexity index is 955. The minimum absolute atomic E-state index is 0.684. The number of hydrogen-bond donors (Lipinski definition) is 3. The summed E-state index contributed by atoms with van der Waals surface area (Å²) >= 11 is 0. The zero-order valence-electron chi connectivity index (χ0n) is 14.0. The van der Waals surface area contributed by atoms with Crippen LogP contribution in [0.2, 0.25) is 0 Å². The van der Waals surface area contributed by atoms with E-state index < -0.39 is 0 Å². The first-order valence-corrected chi connectivity index (χ1v) is 8.29. The van der Waals surface area contributed by atoms with Crippen LogP contribution in [0.4, 0.5) is 5.95 Å². The number of methoxy groups -OCH3 is 1. The maximum Gasteiger partial charge on any atom is 0.201 e. The van der Waals surface area contributed by atoms with E-state index in [-0.39, 0.29) is 0 Å². The molecule has 25 heavy (non-hydrogen) atoms. The van der Waals surface area contributed by atoms with E-state index >= 15 is 0 Å². The van der Waals surface area contributed by atoms with Crippen LogP contribution in [0.15, 0.2) is 60.8 Å². The topological polar surface area (TPSA) is 62.0 Å². The number of aromatic amines is 1. The Balaban J connectivity index is 1.52. The number of allylic oxidation sites excluding steroid dienone is 2. The fourth-order valence-electron chi connectivity index (χ4n) is 2.91. The molecule has 0 saturated carbocycles. The minimum atomic E-state index is 0.684. The SMILES string of the molecule is COc1cccc(CNc2nc3ccc(C4=CCNC=C4)cc3[nH]2)c1. The van der Waals surface area contributed by atoms with Crippen molar-refractivity contribution < 1.29 is 4.74 Å². The van der Waals surface area contributed by atoms with Gasteiger partial charge in [-0.1, -0.05) is 24.3 Å². The zero-order chi connectivity index (χ0) is 17.1. The molecule has 5 heteroatoms. The van der Waals surface area contributed by atoms with Gasteiger partial charge in [0.15, 0.2) is 0 Å². The van der Waals surface area contributed by atoms with Crippen LogP contribution in [0.1, 0.15) is 11.1 Å². The Kier molecular flexibility index (Phi) is 4.12. The Morgan fingerprint density at radius 2 is 2.16 bits per heavy atom. The van der Waals surface area contributed by atoms with E-state index in [1.807, 2.05) is 24.4 Å². The Morgan fingerprint density at radius 1 is 1.20 bits per heavy atom. The first kappa shape index (κ1) is 15.3. The van der Waals surface area contributed by atoms with Gasteiger partial charge in [-0.05, 0) is 53.2 Å². The van der Waals surface area contributed by atoms with Crippen LogP contribution >= 0.6 is 0 Å². The largest absolute Gasteiger partial charge is 0.497 e. The maximum absolute atomic E-state index is 5.26. The molecule has 3 N–H and O–H groups in total. The highest BCUT2D eigenvalue weighted by Gasteiger charge is 2.06. The van der Waals surface area contributed by atoms with E-state index in [1.54, 1.807) is 7.11 Å². The lowest BCUT2D eigenvalue weighted by molar-refractivity contribution is 0.414. The number of nitrogens with zero attached hydrogens (tertiary/aromatic N) is 1. The minimum Gasteiger partial charge on any atom is -0.497 e. The average molecular weight is 332 g/mol. The fourth-order valence-corrected chi connectivity index (χ4v) is 2.91. The van der Waals surface area contributed by atoms with Gasteiger partial charge in [-0.15, -0.1) is 0 Å². The molecule has 2 heterocycles. The van der Waals surface area contributed by atoms with Gasteiger partial charge in [-0.25, -0.2) is 4.98 Å². The van der Waals surface area contributed by atoms with Crippen molar-refractivity contribution in [2.75, 3.05) is 19.0 Å². The molecular formula is C20H20N4O. The quantitative estimate of drug-likeness (QED) is 0.667. The molecule has 126 valence electrons. The van der Waals surface area contributed by atoms with Gasteiger partial charge >= 0.3 is 0 Å². The smallest absolute Gasteiger partial charge is 0.201 e. The summed E-state index contributed by atoms with van der Waals surface area (Å²) in [6.07, 6.45) is 6.25. The second-order valence-electron chi connectivity index (χ2n) is 5.92. The highest BCUT2D eigenvalue weighted by atomic mass is 16.5. The van der Waals surface area contributed by atoms with Crippen molar-refractivity contribution in [3.05, 3.63) is 71.9 Å². The van der Waals surface area contributed by atoms with Crippen LogP contribution in [0, 0.1) is 0 Å². The second kappa shape index (κ2) is 6.73. The van der Waals surface area contributed by atoms with Crippen molar-refractivity contribution in [1.82, 2.24) is 15.3 Å². The number of fused-ring (bicyclic) bond motifs is 1. The van der Waals surface area contributed by atoms with E-state index in [1.165, 1.54) is 11.1 Å². The fraction of sp³-hybridized carbons (Fsp3) is 0.150. The number of ether oxygens (including phenoxy) is 1. The Morgan fingerprint density at radius 3 is 3.00 bits per heavy atom. The second-order valence-corrected chi connectivity index (χ2v) is 5.92. The summed E-state index contributed by atoms with van der Waals surface area (Å²) in [5.41, 5.74) is 5.54. The molecule has 1 aromatic heterocycles. The van der Waals surface area contributed by atoms with Crippen molar-refractivity contribution in [3.8, 4) is 5.75 Å². The summed E-state index contributed by atoms with van der Waals surface area (Å²) in [5, 5.41) is 6.51. The summed E-state index contributed by atoms with van der Waals surface area (Å²) in [6, 6.07) is 14.3. The molecular weight excluding hydrogens is 312 g/mol. The van der Waals surface area contributed by atoms with Crippen LogP contribution in [-0.2, 0) is 6.54 Å². The number of dihydropyridines is 1. The van der Waals surface area contributed by atoms with Crippen LogP contribution in [0.5, 0.6) is 5.75 Å². The van der Waals surface area contributed by atoms with E-state index in [0.29, 0.717) is 6.54 Å². The van der Waals surface area contributed by atoms with Gasteiger partial charge in [-0.2, -0.15) is 0 Å². The molecule has 0 bridgehead atoms. The van der Waals surface area contributed by atoms with Gasteiger partial charge in [0.2, 0.25) is 5.95 Å². The first-order chi connectivity index (χ1) is 12.3. The summed E-state index contributed by atoms with van der Waals surface area (Å²) < 4.78 is 5.26. The molecule has 0 fully saturated rings. The molecule has 0 saturated heterocycles. The first-order valence-electron chi connectivity index (χ1n) is 8.29. The lowest BCUT2D eigenvalue weighted by Gasteiger charge is -2.08. The van der Waals surface area contributed by atoms with E-state index in [0.717, 1.165) is 34.8 Å². The summed E-state index contributed by atoms with van der Waals surface area (Å²) in [4.78, 5) is 7.96. The van der Waals surface area contributed by atoms with Gasteiger partial charge in [0.25, 0.3) is 0 Å². The van der Waals surface area contributed by atoms with Gasteiger partial charge in [0, 0.05) is 13.1 Å². The highest BCUT2D eigenvalue weighted by molar-refractivity contribution is 5.85. The molecule has 0 spiro atoms. The van der Waals surface area contributed by atoms with Gasteiger partial charge in [0.05, 0.1) is 18.1 Å². The van der Waals surface area contributed by atoms with Gasteiger partial charge < -0.3 is 20.4 Å². The third kappa shape index (κ3) is 3.35. The molecule has 4 rings (SSSR count). The standard InChI is InChI=1S/C20H20N4O/c1-25-17-4-2-3-14(11-17)13-22-20-23-18-6-5-16(12-19(18)24-20)15-7-9-21-10-8-15/h2-9,11-12,21H,10,13H2,1H3,(H2,22,23,24). The van der Waals surface area contributed by atoms with Crippen molar-refractivity contribution in [3.63, 3.8) is 0 Å². The van der Waals surface area contributed by atoms with Crippen molar-refractivity contribution in [2.45, 2.75) is 6.54 Å². The van der Waals surface area contributed by atoms with Crippen LogP contribution in [0.25, 0.3) is 16.6 Å². The number of nitrogens with one attached hydrogen (secondary N) is 3. The summed E-state index contributed by atoms with van der Waals surface area (Å²) in [6.45, 7) is 1.55. The van der Waals surface area contributed by atoms with Crippen molar-refractivity contribution >= 4 is 22.6 Å². The Labute approximate surface area is 146 Å². The summed E-state index contributed by atoms with van der Waals surface area (Å²) in [5.74, 6) is 1.63. The number of H-pyrrole nitrogens is 1. The van der Waals surface area contributed by atoms with E-state index in [2.05, 4.69) is 57.0 Å².